The van der Waals surface area contributed by atoms with Gasteiger partial charge in [-0.05, 0) is 23.8 Å². The summed E-state index contributed by atoms with van der Waals surface area (Å²) in [5.74, 6) is 0. The molecule has 0 aliphatic carbocycles. The Hall–Kier alpha value is -1.67. The lowest BCUT2D eigenvalue weighted by Gasteiger charge is -2.16. The van der Waals surface area contributed by atoms with Crippen molar-refractivity contribution < 1.29 is 10.2 Å². The minimum Gasteiger partial charge on any atom is -0.389 e. The SMILES string of the molecule is N#CCC(O)C(O)c1ccc2nccc(Cl)c2c1. The molecule has 0 aliphatic rings. The fourth-order valence-electron chi connectivity index (χ4n) is 1.74. The Morgan fingerprint density at radius 2 is 2.11 bits per heavy atom. The van der Waals surface area contributed by atoms with Crippen LogP contribution in [0.4, 0.5) is 0 Å². The van der Waals surface area contributed by atoms with Crippen molar-refractivity contribution >= 4 is 22.5 Å². The molecule has 0 saturated carbocycles. The molecule has 0 fully saturated rings. The third-order valence-corrected chi connectivity index (χ3v) is 3.05. The van der Waals surface area contributed by atoms with Gasteiger partial charge in [0.2, 0.25) is 0 Å². The second-order valence-electron chi connectivity index (χ2n) is 3.94. The fourth-order valence-corrected chi connectivity index (χ4v) is 1.95. The number of hydrogen-bond acceptors (Lipinski definition) is 4. The average Bonchev–Trinajstić information content (AvgIpc) is 2.38. The first-order valence-electron chi connectivity index (χ1n) is 5.40. The molecule has 1 heterocycles. The van der Waals surface area contributed by atoms with Gasteiger partial charge in [-0.15, -0.1) is 0 Å². The Kier molecular flexibility index (Phi) is 3.78. The molecule has 0 aliphatic heterocycles. The van der Waals surface area contributed by atoms with Gasteiger partial charge in [-0.1, -0.05) is 17.7 Å². The molecule has 4 nitrogen and oxygen atoms in total. The lowest BCUT2D eigenvalue weighted by Crippen LogP contribution is -2.17. The van der Waals surface area contributed by atoms with Crippen LogP contribution in [0.3, 0.4) is 0 Å². The van der Waals surface area contributed by atoms with E-state index in [0.29, 0.717) is 21.5 Å². The van der Waals surface area contributed by atoms with Crippen LogP contribution in [0.5, 0.6) is 0 Å². The maximum absolute atomic E-state index is 9.91. The lowest BCUT2D eigenvalue weighted by atomic mass is 10.0. The molecule has 2 rings (SSSR count). The topological polar surface area (TPSA) is 77.1 Å². The molecule has 2 unspecified atom stereocenters. The van der Waals surface area contributed by atoms with E-state index in [1.807, 2.05) is 6.07 Å². The zero-order valence-electron chi connectivity index (χ0n) is 9.42. The van der Waals surface area contributed by atoms with Gasteiger partial charge in [0.15, 0.2) is 0 Å². The van der Waals surface area contributed by atoms with Gasteiger partial charge in [0.1, 0.15) is 6.10 Å². The number of halogens is 1. The number of aromatic nitrogens is 1. The third-order valence-electron chi connectivity index (χ3n) is 2.72. The molecule has 1 aromatic heterocycles. The number of rotatable bonds is 3. The third kappa shape index (κ3) is 2.44. The van der Waals surface area contributed by atoms with Gasteiger partial charge in [-0.25, -0.2) is 0 Å². The maximum Gasteiger partial charge on any atom is 0.106 e. The van der Waals surface area contributed by atoms with Crippen LogP contribution >= 0.6 is 11.6 Å². The largest absolute Gasteiger partial charge is 0.389 e. The first kappa shape index (κ1) is 12.8. The van der Waals surface area contributed by atoms with Crippen molar-refractivity contribution in [2.45, 2.75) is 18.6 Å². The summed E-state index contributed by atoms with van der Waals surface area (Å²) >= 11 is 6.04. The van der Waals surface area contributed by atoms with E-state index in [9.17, 15) is 10.2 Å². The van der Waals surface area contributed by atoms with E-state index < -0.39 is 12.2 Å². The van der Waals surface area contributed by atoms with Crippen LogP contribution in [0.1, 0.15) is 18.1 Å². The average molecular weight is 263 g/mol. The normalized spacial score (nSPS) is 14.1. The standard InChI is InChI=1S/C13H11ClN2O2/c14-10-4-6-16-11-2-1-8(7-9(10)11)13(18)12(17)3-5-15/h1-2,4,6-7,12-13,17-18H,3H2. The van der Waals surface area contributed by atoms with Gasteiger partial charge in [0, 0.05) is 11.6 Å². The molecule has 0 radical (unpaired) electrons. The van der Waals surface area contributed by atoms with E-state index >= 15 is 0 Å². The molecular formula is C13H11ClN2O2. The van der Waals surface area contributed by atoms with Gasteiger partial charge < -0.3 is 10.2 Å². The van der Waals surface area contributed by atoms with Crippen molar-refractivity contribution in [3.8, 4) is 6.07 Å². The van der Waals surface area contributed by atoms with Gasteiger partial charge in [-0.2, -0.15) is 5.26 Å². The van der Waals surface area contributed by atoms with Crippen molar-refractivity contribution in [3.63, 3.8) is 0 Å². The molecule has 92 valence electrons. The highest BCUT2D eigenvalue weighted by atomic mass is 35.5. The Morgan fingerprint density at radius 3 is 2.83 bits per heavy atom. The van der Waals surface area contributed by atoms with E-state index in [2.05, 4.69) is 4.98 Å². The van der Waals surface area contributed by atoms with Gasteiger partial charge in [0.05, 0.1) is 29.1 Å². The Morgan fingerprint density at radius 1 is 1.33 bits per heavy atom. The summed E-state index contributed by atoms with van der Waals surface area (Å²) in [4.78, 5) is 4.14. The Labute approximate surface area is 109 Å². The fraction of sp³-hybridized carbons (Fsp3) is 0.231. The summed E-state index contributed by atoms with van der Waals surface area (Å²) in [7, 11) is 0. The molecule has 18 heavy (non-hydrogen) atoms. The summed E-state index contributed by atoms with van der Waals surface area (Å²) in [6.07, 6.45) is -0.737. The van der Waals surface area contributed by atoms with E-state index in [1.54, 1.807) is 30.5 Å². The zero-order valence-corrected chi connectivity index (χ0v) is 10.2. The summed E-state index contributed by atoms with van der Waals surface area (Å²) < 4.78 is 0. The van der Waals surface area contributed by atoms with Crippen molar-refractivity contribution in [1.82, 2.24) is 4.98 Å². The molecule has 0 saturated heterocycles. The number of nitrogens with zero attached hydrogens (tertiary/aromatic N) is 2. The van der Waals surface area contributed by atoms with Gasteiger partial charge in [-0.3, -0.25) is 4.98 Å². The summed E-state index contributed by atoms with van der Waals surface area (Å²) in [6.45, 7) is 0. The van der Waals surface area contributed by atoms with E-state index in [4.69, 9.17) is 16.9 Å². The molecule has 5 heteroatoms. The van der Waals surface area contributed by atoms with E-state index in [1.165, 1.54) is 0 Å². The molecule has 2 atom stereocenters. The van der Waals surface area contributed by atoms with Crippen LogP contribution in [0.15, 0.2) is 30.5 Å². The van der Waals surface area contributed by atoms with Crippen molar-refractivity contribution in [1.29, 1.82) is 5.26 Å². The zero-order chi connectivity index (χ0) is 13.1. The number of fused-ring (bicyclic) bond motifs is 1. The highest BCUT2D eigenvalue weighted by molar-refractivity contribution is 6.35. The number of benzene rings is 1. The minimum absolute atomic E-state index is 0.125. The Balaban J connectivity index is 2.41. The smallest absolute Gasteiger partial charge is 0.106 e. The highest BCUT2D eigenvalue weighted by Gasteiger charge is 2.18. The molecule has 2 N–H and O–H groups in total. The number of hydrogen-bond donors (Lipinski definition) is 2. The molecule has 1 aromatic carbocycles. The first-order valence-corrected chi connectivity index (χ1v) is 5.78. The first-order chi connectivity index (χ1) is 8.63. The predicted octanol–water partition coefficient (Wildman–Crippen LogP) is 2.20. The van der Waals surface area contributed by atoms with Crippen LogP contribution in [0, 0.1) is 11.3 Å². The second kappa shape index (κ2) is 5.32. The van der Waals surface area contributed by atoms with E-state index in [-0.39, 0.29) is 6.42 Å². The van der Waals surface area contributed by atoms with Crippen LogP contribution in [0.2, 0.25) is 5.02 Å². The van der Waals surface area contributed by atoms with Crippen LogP contribution in [-0.2, 0) is 0 Å². The van der Waals surface area contributed by atoms with Crippen molar-refractivity contribution in [2.75, 3.05) is 0 Å². The quantitative estimate of drug-likeness (QED) is 0.889. The maximum atomic E-state index is 9.91. The van der Waals surface area contributed by atoms with Crippen LogP contribution in [0.25, 0.3) is 10.9 Å². The molecular weight excluding hydrogens is 252 g/mol. The molecule has 0 amide bonds. The number of pyridine rings is 1. The molecule has 2 aromatic rings. The number of aliphatic hydroxyl groups excluding tert-OH is 2. The van der Waals surface area contributed by atoms with Crippen LogP contribution < -0.4 is 0 Å². The molecule has 0 bridgehead atoms. The highest BCUT2D eigenvalue weighted by Crippen LogP contribution is 2.26. The number of aliphatic hydroxyl groups is 2. The van der Waals surface area contributed by atoms with Crippen molar-refractivity contribution in [2.24, 2.45) is 0 Å². The minimum atomic E-state index is -1.11. The number of nitriles is 1. The summed E-state index contributed by atoms with van der Waals surface area (Å²) in [5.41, 5.74) is 1.23. The predicted molar refractivity (Wildman–Crippen MR) is 67.9 cm³/mol. The monoisotopic (exact) mass is 262 g/mol. The van der Waals surface area contributed by atoms with Crippen LogP contribution in [-0.4, -0.2) is 21.3 Å². The van der Waals surface area contributed by atoms with Crippen molar-refractivity contribution in [3.05, 3.63) is 41.0 Å². The van der Waals surface area contributed by atoms with E-state index in [0.717, 1.165) is 0 Å². The Bertz CT molecular complexity index is 609. The summed E-state index contributed by atoms with van der Waals surface area (Å²) in [5, 5.41) is 29.2. The van der Waals surface area contributed by atoms with Gasteiger partial charge in [0.25, 0.3) is 0 Å². The second-order valence-corrected chi connectivity index (χ2v) is 4.35. The lowest BCUT2D eigenvalue weighted by molar-refractivity contribution is 0.0217. The van der Waals surface area contributed by atoms with Gasteiger partial charge >= 0.3 is 0 Å². The summed E-state index contributed by atoms with van der Waals surface area (Å²) in [6, 6.07) is 8.54. The molecule has 0 spiro atoms.